The molecule has 1 unspecified atom stereocenters. The summed E-state index contributed by atoms with van der Waals surface area (Å²) in [7, 11) is 0. The Balaban J connectivity index is 1.72. The molecule has 1 aromatic heterocycles. The molecule has 1 aromatic rings. The lowest BCUT2D eigenvalue weighted by Gasteiger charge is -2.33. The lowest BCUT2D eigenvalue weighted by molar-refractivity contribution is 0.144. The van der Waals surface area contributed by atoms with Crippen molar-refractivity contribution in [1.29, 1.82) is 0 Å². The van der Waals surface area contributed by atoms with Crippen molar-refractivity contribution in [3.05, 3.63) is 17.5 Å². The third-order valence-electron chi connectivity index (χ3n) is 4.40. The van der Waals surface area contributed by atoms with Gasteiger partial charge in [-0.3, -0.25) is 9.58 Å². The number of hydrogen-bond donors (Lipinski definition) is 1. The topological polar surface area (TPSA) is 47.1 Å². The Morgan fingerprint density at radius 1 is 1.33 bits per heavy atom. The Kier molecular flexibility index (Phi) is 3.16. The first-order valence-corrected chi connectivity index (χ1v) is 7.20. The van der Waals surface area contributed by atoms with Crippen molar-refractivity contribution in [2.45, 2.75) is 70.7 Å². The van der Waals surface area contributed by atoms with Gasteiger partial charge in [-0.25, -0.2) is 0 Å². The normalized spacial score (nSPS) is 28.9. The molecule has 1 saturated carbocycles. The third-order valence-corrected chi connectivity index (χ3v) is 4.40. The predicted molar refractivity (Wildman–Crippen MR) is 72.1 cm³/mol. The van der Waals surface area contributed by atoms with E-state index in [1.165, 1.54) is 36.9 Å². The van der Waals surface area contributed by atoms with E-state index in [9.17, 15) is 0 Å². The van der Waals surface area contributed by atoms with Gasteiger partial charge in [0.1, 0.15) is 0 Å². The van der Waals surface area contributed by atoms with Gasteiger partial charge in [-0.05, 0) is 33.1 Å². The van der Waals surface area contributed by atoms with E-state index < -0.39 is 0 Å². The first kappa shape index (κ1) is 12.2. The quantitative estimate of drug-likeness (QED) is 0.871. The molecule has 0 bridgehead atoms. The molecule has 4 nitrogen and oxygen atoms in total. The molecule has 100 valence electrons. The predicted octanol–water partition coefficient (Wildman–Crippen LogP) is 2.05. The second kappa shape index (κ2) is 4.67. The number of nitrogens with zero attached hydrogens (tertiary/aromatic N) is 3. The molecule has 4 heteroatoms. The monoisotopic (exact) mass is 248 g/mol. The summed E-state index contributed by atoms with van der Waals surface area (Å²) >= 11 is 0. The summed E-state index contributed by atoms with van der Waals surface area (Å²) in [6.07, 6.45) is 7.02. The minimum absolute atomic E-state index is 0.411. The van der Waals surface area contributed by atoms with E-state index in [1.54, 1.807) is 0 Å². The maximum Gasteiger partial charge on any atom is 0.0572 e. The van der Waals surface area contributed by atoms with Gasteiger partial charge in [0.25, 0.3) is 0 Å². The van der Waals surface area contributed by atoms with Crippen molar-refractivity contribution in [2.75, 3.05) is 0 Å². The van der Waals surface area contributed by atoms with Crippen LogP contribution in [0.1, 0.15) is 56.8 Å². The maximum atomic E-state index is 6.11. The molecule has 2 N–H and O–H groups in total. The van der Waals surface area contributed by atoms with Crippen molar-refractivity contribution in [3.63, 3.8) is 0 Å². The standard InChI is InChI=1S/C14H24N4/c1-10(2)18-14-9-17(8-11(14)7-16-18)13-5-3-4-12(15)6-13/h7,10,12-13H,3-6,8-9,15H2,1-2H3/t12?,13-/m0/s1. The number of aromatic nitrogens is 2. The zero-order valence-corrected chi connectivity index (χ0v) is 11.5. The van der Waals surface area contributed by atoms with Crippen LogP contribution in [-0.2, 0) is 13.1 Å². The van der Waals surface area contributed by atoms with Gasteiger partial charge in [0.15, 0.2) is 0 Å². The van der Waals surface area contributed by atoms with Gasteiger partial charge in [0, 0.05) is 36.8 Å². The highest BCUT2D eigenvalue weighted by Gasteiger charge is 2.31. The lowest BCUT2D eigenvalue weighted by Crippen LogP contribution is -2.40. The summed E-state index contributed by atoms with van der Waals surface area (Å²) in [4.78, 5) is 2.60. The van der Waals surface area contributed by atoms with E-state index in [2.05, 4.69) is 34.7 Å². The van der Waals surface area contributed by atoms with Crippen LogP contribution < -0.4 is 5.73 Å². The fraction of sp³-hybridized carbons (Fsp3) is 0.786. The van der Waals surface area contributed by atoms with Crippen LogP contribution in [0.25, 0.3) is 0 Å². The molecule has 0 aromatic carbocycles. The Morgan fingerprint density at radius 2 is 2.17 bits per heavy atom. The molecule has 2 aliphatic rings. The highest BCUT2D eigenvalue weighted by atomic mass is 15.3. The van der Waals surface area contributed by atoms with Crippen molar-refractivity contribution in [2.24, 2.45) is 5.73 Å². The highest BCUT2D eigenvalue weighted by Crippen LogP contribution is 2.31. The van der Waals surface area contributed by atoms with Crippen molar-refractivity contribution in [1.82, 2.24) is 14.7 Å². The van der Waals surface area contributed by atoms with Gasteiger partial charge in [-0.15, -0.1) is 0 Å². The molecule has 3 rings (SSSR count). The molecule has 2 heterocycles. The van der Waals surface area contributed by atoms with Crippen molar-refractivity contribution >= 4 is 0 Å². The number of nitrogens with two attached hydrogens (primary N) is 1. The number of hydrogen-bond acceptors (Lipinski definition) is 3. The molecule has 0 saturated heterocycles. The molecule has 18 heavy (non-hydrogen) atoms. The van der Waals surface area contributed by atoms with Crippen molar-refractivity contribution < 1.29 is 0 Å². The van der Waals surface area contributed by atoms with Gasteiger partial charge in [0.2, 0.25) is 0 Å². The minimum Gasteiger partial charge on any atom is -0.328 e. The summed E-state index contributed by atoms with van der Waals surface area (Å²) in [6, 6.07) is 1.55. The van der Waals surface area contributed by atoms with Crippen LogP contribution in [0, 0.1) is 0 Å². The van der Waals surface area contributed by atoms with Crippen LogP contribution in [0.2, 0.25) is 0 Å². The third kappa shape index (κ3) is 2.08. The van der Waals surface area contributed by atoms with E-state index in [1.807, 2.05) is 0 Å². The largest absolute Gasteiger partial charge is 0.328 e. The highest BCUT2D eigenvalue weighted by molar-refractivity contribution is 5.23. The zero-order valence-electron chi connectivity index (χ0n) is 11.5. The van der Waals surface area contributed by atoms with Gasteiger partial charge in [-0.2, -0.15) is 5.10 Å². The average Bonchev–Trinajstić information content (AvgIpc) is 2.87. The fourth-order valence-electron chi connectivity index (χ4n) is 3.43. The molecular weight excluding hydrogens is 224 g/mol. The van der Waals surface area contributed by atoms with Gasteiger partial charge < -0.3 is 5.73 Å². The van der Waals surface area contributed by atoms with Gasteiger partial charge in [-0.1, -0.05) is 6.42 Å². The maximum absolute atomic E-state index is 6.11. The molecule has 1 fully saturated rings. The van der Waals surface area contributed by atoms with Crippen LogP contribution in [0.3, 0.4) is 0 Å². The molecule has 1 aliphatic carbocycles. The summed E-state index contributed by atoms with van der Waals surface area (Å²) < 4.78 is 2.18. The number of fused-ring (bicyclic) bond motifs is 1. The van der Waals surface area contributed by atoms with E-state index in [0.29, 0.717) is 18.1 Å². The van der Waals surface area contributed by atoms with E-state index >= 15 is 0 Å². The van der Waals surface area contributed by atoms with Crippen LogP contribution in [-0.4, -0.2) is 26.8 Å². The van der Waals surface area contributed by atoms with Crippen LogP contribution in [0.5, 0.6) is 0 Å². The second-order valence-corrected chi connectivity index (χ2v) is 6.14. The van der Waals surface area contributed by atoms with Gasteiger partial charge in [0.05, 0.1) is 11.9 Å². The lowest BCUT2D eigenvalue weighted by atomic mass is 9.91. The Morgan fingerprint density at radius 3 is 2.89 bits per heavy atom. The van der Waals surface area contributed by atoms with Crippen LogP contribution in [0.15, 0.2) is 6.20 Å². The molecule has 0 spiro atoms. The minimum atomic E-state index is 0.411. The summed E-state index contributed by atoms with van der Waals surface area (Å²) in [5, 5.41) is 4.50. The molecule has 2 atom stereocenters. The second-order valence-electron chi connectivity index (χ2n) is 6.14. The summed E-state index contributed by atoms with van der Waals surface area (Å²) in [5.74, 6) is 0. The van der Waals surface area contributed by atoms with E-state index in [0.717, 1.165) is 13.1 Å². The van der Waals surface area contributed by atoms with Crippen LogP contribution in [0.4, 0.5) is 0 Å². The van der Waals surface area contributed by atoms with E-state index in [4.69, 9.17) is 5.73 Å². The summed E-state index contributed by atoms with van der Waals surface area (Å²) in [5.41, 5.74) is 8.95. The average molecular weight is 248 g/mol. The molecule has 0 radical (unpaired) electrons. The van der Waals surface area contributed by atoms with Gasteiger partial charge >= 0.3 is 0 Å². The first-order valence-electron chi connectivity index (χ1n) is 7.20. The summed E-state index contributed by atoms with van der Waals surface area (Å²) in [6.45, 7) is 6.53. The first-order chi connectivity index (χ1) is 8.65. The molecule has 0 amide bonds. The Labute approximate surface area is 109 Å². The smallest absolute Gasteiger partial charge is 0.0572 e. The Bertz CT molecular complexity index is 423. The van der Waals surface area contributed by atoms with E-state index in [-0.39, 0.29) is 0 Å². The molecule has 1 aliphatic heterocycles. The fourth-order valence-corrected chi connectivity index (χ4v) is 3.43. The number of rotatable bonds is 2. The SMILES string of the molecule is CC(C)n1ncc2c1CN([C@H]1CCCC(N)C1)C2. The zero-order chi connectivity index (χ0) is 12.7. The van der Waals surface area contributed by atoms with Crippen LogP contribution >= 0.6 is 0 Å². The Hall–Kier alpha value is -0.870. The molecular formula is C14H24N4. The van der Waals surface area contributed by atoms with Crippen molar-refractivity contribution in [3.8, 4) is 0 Å².